The zero-order chi connectivity index (χ0) is 12.1. The van der Waals surface area contributed by atoms with Crippen molar-refractivity contribution in [3.63, 3.8) is 0 Å². The first-order valence-electron chi connectivity index (χ1n) is 5.38. The maximum Gasteiger partial charge on any atom is 0.310 e. The summed E-state index contributed by atoms with van der Waals surface area (Å²) < 4.78 is 10.2. The first-order valence-corrected chi connectivity index (χ1v) is 5.38. The molecule has 0 aromatic heterocycles. The molecule has 0 bridgehead atoms. The van der Waals surface area contributed by atoms with E-state index >= 15 is 0 Å². The van der Waals surface area contributed by atoms with Crippen LogP contribution in [0, 0.1) is 13.8 Å². The predicted octanol–water partition coefficient (Wildman–Crippen LogP) is 2.42. The lowest BCUT2D eigenvalue weighted by atomic mass is 10.0. The van der Waals surface area contributed by atoms with Gasteiger partial charge < -0.3 is 9.47 Å². The number of carbonyl (C=O) groups excluding carboxylic acids is 1. The summed E-state index contributed by atoms with van der Waals surface area (Å²) in [5.41, 5.74) is 3.05. The summed E-state index contributed by atoms with van der Waals surface area (Å²) in [6.45, 7) is 6.18. The number of rotatable bonds is 4. The minimum atomic E-state index is -0.188. The highest BCUT2D eigenvalue weighted by atomic mass is 16.5. The van der Waals surface area contributed by atoms with Gasteiger partial charge in [0.2, 0.25) is 0 Å². The maximum atomic E-state index is 11.3. The summed E-state index contributed by atoms with van der Waals surface area (Å²) in [5.74, 6) is 0.694. The van der Waals surface area contributed by atoms with Crippen molar-refractivity contribution in [2.75, 3.05) is 13.7 Å². The number of esters is 1. The highest BCUT2D eigenvalue weighted by Crippen LogP contribution is 2.24. The van der Waals surface area contributed by atoms with E-state index in [4.69, 9.17) is 9.47 Å². The lowest BCUT2D eigenvalue weighted by Gasteiger charge is -2.10. The minimum absolute atomic E-state index is 0.188. The first-order chi connectivity index (χ1) is 7.58. The highest BCUT2D eigenvalue weighted by Gasteiger charge is 2.08. The fourth-order valence-corrected chi connectivity index (χ4v) is 1.84. The summed E-state index contributed by atoms with van der Waals surface area (Å²) in [4.78, 5) is 11.3. The van der Waals surface area contributed by atoms with Crippen LogP contribution in [-0.4, -0.2) is 19.7 Å². The van der Waals surface area contributed by atoms with Crippen molar-refractivity contribution in [3.05, 3.63) is 28.8 Å². The van der Waals surface area contributed by atoms with Gasteiger partial charge in [-0.25, -0.2) is 0 Å². The van der Waals surface area contributed by atoms with Crippen LogP contribution < -0.4 is 4.74 Å². The van der Waals surface area contributed by atoms with E-state index in [2.05, 4.69) is 0 Å². The van der Waals surface area contributed by atoms with Gasteiger partial charge in [0.25, 0.3) is 0 Å². The van der Waals surface area contributed by atoms with E-state index < -0.39 is 0 Å². The molecule has 0 atom stereocenters. The van der Waals surface area contributed by atoms with Crippen LogP contribution in [0.25, 0.3) is 0 Å². The van der Waals surface area contributed by atoms with Crippen LogP contribution in [-0.2, 0) is 16.0 Å². The monoisotopic (exact) mass is 222 g/mol. The number of methoxy groups -OCH3 is 1. The van der Waals surface area contributed by atoms with Gasteiger partial charge in [0.1, 0.15) is 5.75 Å². The molecule has 0 N–H and O–H groups in total. The smallest absolute Gasteiger partial charge is 0.310 e. The standard InChI is InChI=1S/C13H18O3/c1-5-16-12(14)8-11-6-9(2)13(15-4)10(3)7-11/h6-7H,5,8H2,1-4H3. The molecule has 0 saturated carbocycles. The van der Waals surface area contributed by atoms with Crippen molar-refractivity contribution in [2.45, 2.75) is 27.2 Å². The van der Waals surface area contributed by atoms with E-state index in [9.17, 15) is 4.79 Å². The Bertz CT molecular complexity index is 360. The van der Waals surface area contributed by atoms with E-state index in [1.807, 2.05) is 32.9 Å². The van der Waals surface area contributed by atoms with Crippen LogP contribution in [0.1, 0.15) is 23.6 Å². The summed E-state index contributed by atoms with van der Waals surface area (Å²) >= 11 is 0. The molecule has 1 rings (SSSR count). The van der Waals surface area contributed by atoms with Gasteiger partial charge in [-0.2, -0.15) is 0 Å². The number of aryl methyl sites for hydroxylation is 2. The van der Waals surface area contributed by atoms with Gasteiger partial charge in [0, 0.05) is 0 Å². The molecule has 16 heavy (non-hydrogen) atoms. The SMILES string of the molecule is CCOC(=O)Cc1cc(C)c(OC)c(C)c1. The van der Waals surface area contributed by atoms with Gasteiger partial charge in [-0.15, -0.1) is 0 Å². The normalized spacial score (nSPS) is 10.0. The Kier molecular flexibility index (Phi) is 4.35. The summed E-state index contributed by atoms with van der Waals surface area (Å²) in [6.07, 6.45) is 0.319. The fraction of sp³-hybridized carbons (Fsp3) is 0.462. The molecular formula is C13H18O3. The average Bonchev–Trinajstić information content (AvgIpc) is 2.17. The number of hydrogen-bond donors (Lipinski definition) is 0. The molecule has 0 aliphatic carbocycles. The molecule has 0 radical (unpaired) electrons. The van der Waals surface area contributed by atoms with Gasteiger partial charge in [0.15, 0.2) is 0 Å². The molecule has 0 aliphatic heterocycles. The zero-order valence-corrected chi connectivity index (χ0v) is 10.3. The molecule has 1 aromatic carbocycles. The zero-order valence-electron chi connectivity index (χ0n) is 10.3. The van der Waals surface area contributed by atoms with Gasteiger partial charge in [-0.1, -0.05) is 12.1 Å². The second-order valence-corrected chi connectivity index (χ2v) is 3.74. The molecular weight excluding hydrogens is 204 g/mol. The summed E-state index contributed by atoms with van der Waals surface area (Å²) in [7, 11) is 1.65. The number of benzene rings is 1. The molecule has 3 heteroatoms. The van der Waals surface area contributed by atoms with Gasteiger partial charge in [-0.3, -0.25) is 4.79 Å². The second-order valence-electron chi connectivity index (χ2n) is 3.74. The van der Waals surface area contributed by atoms with Crippen LogP contribution in [0.4, 0.5) is 0 Å². The van der Waals surface area contributed by atoms with Gasteiger partial charge >= 0.3 is 5.97 Å². The Morgan fingerprint density at radius 2 is 1.81 bits per heavy atom. The molecule has 0 heterocycles. The van der Waals surface area contributed by atoms with Crippen LogP contribution in [0.3, 0.4) is 0 Å². The Labute approximate surface area is 96.4 Å². The molecule has 0 aliphatic rings. The summed E-state index contributed by atoms with van der Waals surface area (Å²) in [6, 6.07) is 3.92. The Hall–Kier alpha value is -1.51. The molecule has 0 saturated heterocycles. The Balaban J connectivity index is 2.87. The number of carbonyl (C=O) groups is 1. The van der Waals surface area contributed by atoms with E-state index in [-0.39, 0.29) is 5.97 Å². The Morgan fingerprint density at radius 3 is 2.25 bits per heavy atom. The summed E-state index contributed by atoms with van der Waals surface area (Å²) in [5, 5.41) is 0. The molecule has 3 nitrogen and oxygen atoms in total. The Morgan fingerprint density at radius 1 is 1.25 bits per heavy atom. The molecule has 0 amide bonds. The van der Waals surface area contributed by atoms with Crippen LogP contribution in [0.15, 0.2) is 12.1 Å². The lowest BCUT2D eigenvalue weighted by Crippen LogP contribution is -2.08. The molecule has 0 spiro atoms. The first kappa shape index (κ1) is 12.6. The molecule has 1 aromatic rings. The quantitative estimate of drug-likeness (QED) is 0.734. The van der Waals surface area contributed by atoms with E-state index in [0.717, 1.165) is 22.4 Å². The molecule has 88 valence electrons. The van der Waals surface area contributed by atoms with Crippen molar-refractivity contribution < 1.29 is 14.3 Å². The maximum absolute atomic E-state index is 11.3. The third kappa shape index (κ3) is 2.99. The van der Waals surface area contributed by atoms with Crippen molar-refractivity contribution in [1.82, 2.24) is 0 Å². The molecule has 0 fully saturated rings. The second kappa shape index (κ2) is 5.54. The average molecular weight is 222 g/mol. The number of ether oxygens (including phenoxy) is 2. The topological polar surface area (TPSA) is 35.5 Å². The van der Waals surface area contributed by atoms with Crippen molar-refractivity contribution in [3.8, 4) is 5.75 Å². The van der Waals surface area contributed by atoms with E-state index in [0.29, 0.717) is 13.0 Å². The van der Waals surface area contributed by atoms with Gasteiger partial charge in [0.05, 0.1) is 20.1 Å². The third-order valence-electron chi connectivity index (χ3n) is 2.38. The van der Waals surface area contributed by atoms with Crippen LogP contribution in [0.2, 0.25) is 0 Å². The van der Waals surface area contributed by atoms with Crippen molar-refractivity contribution in [1.29, 1.82) is 0 Å². The minimum Gasteiger partial charge on any atom is -0.496 e. The van der Waals surface area contributed by atoms with Crippen LogP contribution >= 0.6 is 0 Å². The fourth-order valence-electron chi connectivity index (χ4n) is 1.84. The van der Waals surface area contributed by atoms with Crippen molar-refractivity contribution >= 4 is 5.97 Å². The highest BCUT2D eigenvalue weighted by molar-refractivity contribution is 5.72. The number of hydrogen-bond acceptors (Lipinski definition) is 3. The predicted molar refractivity (Wildman–Crippen MR) is 62.8 cm³/mol. The van der Waals surface area contributed by atoms with Crippen LogP contribution in [0.5, 0.6) is 5.75 Å². The molecule has 0 unspecified atom stereocenters. The largest absolute Gasteiger partial charge is 0.496 e. The van der Waals surface area contributed by atoms with E-state index in [1.54, 1.807) is 7.11 Å². The van der Waals surface area contributed by atoms with Gasteiger partial charge in [-0.05, 0) is 37.5 Å². The lowest BCUT2D eigenvalue weighted by molar-refractivity contribution is -0.142. The van der Waals surface area contributed by atoms with Crippen molar-refractivity contribution in [2.24, 2.45) is 0 Å². The van der Waals surface area contributed by atoms with E-state index in [1.165, 1.54) is 0 Å². The third-order valence-corrected chi connectivity index (χ3v) is 2.38.